The maximum atomic E-state index is 12.3. The van der Waals surface area contributed by atoms with E-state index in [0.29, 0.717) is 18.5 Å². The van der Waals surface area contributed by atoms with Gasteiger partial charge in [-0.15, -0.1) is 0 Å². The molecule has 1 aliphatic rings. The number of aromatic nitrogens is 2. The third kappa shape index (κ3) is 2.89. The van der Waals surface area contributed by atoms with E-state index in [9.17, 15) is 14.7 Å². The lowest BCUT2D eigenvalue weighted by Crippen LogP contribution is -2.34. The quantitative estimate of drug-likeness (QED) is 0.822. The van der Waals surface area contributed by atoms with Crippen LogP contribution in [0.25, 0.3) is 0 Å². The van der Waals surface area contributed by atoms with Crippen LogP contribution in [0.1, 0.15) is 25.5 Å². The molecule has 0 saturated heterocycles. The SMILES string of the molecule is CCn1cc(NC(=O)C2CC=CCC2C(=O)O)c(C)n1. The second-order valence-electron chi connectivity index (χ2n) is 4.97. The minimum atomic E-state index is -0.921. The topological polar surface area (TPSA) is 84.2 Å². The molecule has 20 heavy (non-hydrogen) atoms. The van der Waals surface area contributed by atoms with E-state index in [1.54, 1.807) is 10.9 Å². The summed E-state index contributed by atoms with van der Waals surface area (Å²) >= 11 is 0. The van der Waals surface area contributed by atoms with Gasteiger partial charge >= 0.3 is 5.97 Å². The van der Waals surface area contributed by atoms with E-state index in [2.05, 4.69) is 10.4 Å². The Kier molecular flexibility index (Phi) is 4.22. The van der Waals surface area contributed by atoms with Gasteiger partial charge in [-0.2, -0.15) is 5.10 Å². The van der Waals surface area contributed by atoms with Crippen molar-refractivity contribution in [1.82, 2.24) is 9.78 Å². The Bertz CT molecular complexity index is 548. The molecule has 108 valence electrons. The number of aliphatic carboxylic acids is 1. The van der Waals surface area contributed by atoms with E-state index in [1.807, 2.05) is 26.0 Å². The lowest BCUT2D eigenvalue weighted by atomic mass is 9.82. The molecule has 6 heteroatoms. The summed E-state index contributed by atoms with van der Waals surface area (Å²) in [5.74, 6) is -2.35. The first-order valence-electron chi connectivity index (χ1n) is 6.75. The monoisotopic (exact) mass is 277 g/mol. The summed E-state index contributed by atoms with van der Waals surface area (Å²) < 4.78 is 1.74. The number of hydrogen-bond donors (Lipinski definition) is 2. The minimum absolute atomic E-state index is 0.250. The number of carboxylic acids is 1. The van der Waals surface area contributed by atoms with E-state index in [0.717, 1.165) is 12.2 Å². The first kappa shape index (κ1) is 14.3. The van der Waals surface area contributed by atoms with Gasteiger partial charge in [-0.1, -0.05) is 12.2 Å². The molecule has 0 fully saturated rings. The largest absolute Gasteiger partial charge is 0.481 e. The predicted octanol–water partition coefficient (Wildman–Crippen LogP) is 1.82. The van der Waals surface area contributed by atoms with Gasteiger partial charge in [0.2, 0.25) is 5.91 Å². The fourth-order valence-electron chi connectivity index (χ4n) is 2.40. The van der Waals surface area contributed by atoms with Gasteiger partial charge in [0, 0.05) is 12.7 Å². The number of carbonyl (C=O) groups is 2. The molecular formula is C14H19N3O3. The molecule has 2 atom stereocenters. The highest BCUT2D eigenvalue weighted by atomic mass is 16.4. The molecule has 0 aliphatic heterocycles. The number of anilines is 1. The lowest BCUT2D eigenvalue weighted by Gasteiger charge is -2.24. The molecule has 0 saturated carbocycles. The van der Waals surface area contributed by atoms with E-state index in [1.165, 1.54) is 0 Å². The summed E-state index contributed by atoms with van der Waals surface area (Å²) in [4.78, 5) is 23.5. The number of carboxylic acid groups (broad SMARTS) is 1. The average molecular weight is 277 g/mol. The van der Waals surface area contributed by atoms with Gasteiger partial charge in [0.1, 0.15) is 0 Å². The number of allylic oxidation sites excluding steroid dienone is 2. The maximum Gasteiger partial charge on any atom is 0.307 e. The van der Waals surface area contributed by atoms with E-state index >= 15 is 0 Å². The molecule has 6 nitrogen and oxygen atoms in total. The normalized spacial score (nSPS) is 21.7. The van der Waals surface area contributed by atoms with Gasteiger partial charge in [-0.25, -0.2) is 0 Å². The maximum absolute atomic E-state index is 12.3. The van der Waals surface area contributed by atoms with Crippen molar-refractivity contribution in [3.05, 3.63) is 24.0 Å². The summed E-state index contributed by atoms with van der Waals surface area (Å²) in [5, 5.41) is 16.2. The van der Waals surface area contributed by atoms with E-state index in [4.69, 9.17) is 0 Å². The number of nitrogens with zero attached hydrogens (tertiary/aromatic N) is 2. The standard InChI is InChI=1S/C14H19N3O3/c1-3-17-8-12(9(2)16-17)15-13(18)10-6-4-5-7-11(10)14(19)20/h4-5,8,10-11H,3,6-7H2,1-2H3,(H,15,18)(H,19,20). The van der Waals surface area contributed by atoms with E-state index in [-0.39, 0.29) is 5.91 Å². The highest BCUT2D eigenvalue weighted by Gasteiger charge is 2.34. The van der Waals surface area contributed by atoms with Crippen LogP contribution >= 0.6 is 0 Å². The van der Waals surface area contributed by atoms with Crippen molar-refractivity contribution in [3.63, 3.8) is 0 Å². The molecular weight excluding hydrogens is 258 g/mol. The minimum Gasteiger partial charge on any atom is -0.481 e. The molecule has 1 aliphatic carbocycles. The fraction of sp³-hybridized carbons (Fsp3) is 0.500. The summed E-state index contributed by atoms with van der Waals surface area (Å²) in [6, 6.07) is 0. The fourth-order valence-corrected chi connectivity index (χ4v) is 2.40. The van der Waals surface area contributed by atoms with Gasteiger partial charge in [-0.05, 0) is 26.7 Å². The second kappa shape index (κ2) is 5.90. The van der Waals surface area contributed by atoms with Crippen LogP contribution in [0.5, 0.6) is 0 Å². The Morgan fingerprint density at radius 2 is 2.05 bits per heavy atom. The van der Waals surface area contributed by atoms with Crippen LogP contribution in [-0.2, 0) is 16.1 Å². The molecule has 2 N–H and O–H groups in total. The summed E-state index contributed by atoms with van der Waals surface area (Å²) in [7, 11) is 0. The Morgan fingerprint density at radius 1 is 1.40 bits per heavy atom. The second-order valence-corrected chi connectivity index (χ2v) is 4.97. The molecule has 0 spiro atoms. The number of carbonyl (C=O) groups excluding carboxylic acids is 1. The van der Waals surface area contributed by atoms with Crippen LogP contribution in [0, 0.1) is 18.8 Å². The van der Waals surface area contributed by atoms with Crippen molar-refractivity contribution >= 4 is 17.6 Å². The molecule has 2 unspecified atom stereocenters. The lowest BCUT2D eigenvalue weighted by molar-refractivity contribution is -0.146. The summed E-state index contributed by atoms with van der Waals surface area (Å²) in [6.07, 6.45) is 6.32. The summed E-state index contributed by atoms with van der Waals surface area (Å²) in [6.45, 7) is 4.50. The van der Waals surface area contributed by atoms with Crippen LogP contribution in [-0.4, -0.2) is 26.8 Å². The van der Waals surface area contributed by atoms with Crippen molar-refractivity contribution in [1.29, 1.82) is 0 Å². The smallest absolute Gasteiger partial charge is 0.307 e. The molecule has 1 aromatic heterocycles. The Balaban J connectivity index is 2.12. The van der Waals surface area contributed by atoms with Crippen molar-refractivity contribution in [2.75, 3.05) is 5.32 Å². The highest BCUT2D eigenvalue weighted by Crippen LogP contribution is 2.27. The van der Waals surface area contributed by atoms with Gasteiger partial charge in [0.15, 0.2) is 0 Å². The van der Waals surface area contributed by atoms with Crippen LogP contribution in [0.2, 0.25) is 0 Å². The van der Waals surface area contributed by atoms with Crippen molar-refractivity contribution in [2.24, 2.45) is 11.8 Å². The third-order valence-electron chi connectivity index (χ3n) is 3.61. The Labute approximate surface area is 117 Å². The Morgan fingerprint density at radius 3 is 2.60 bits per heavy atom. The van der Waals surface area contributed by atoms with Crippen molar-refractivity contribution in [2.45, 2.75) is 33.2 Å². The molecule has 0 radical (unpaired) electrons. The first-order valence-corrected chi connectivity index (χ1v) is 6.75. The predicted molar refractivity (Wildman–Crippen MR) is 74.3 cm³/mol. The first-order chi connectivity index (χ1) is 9.52. The number of aryl methyl sites for hydroxylation is 2. The molecule has 1 amide bonds. The van der Waals surface area contributed by atoms with Crippen LogP contribution in [0.3, 0.4) is 0 Å². The van der Waals surface area contributed by atoms with Gasteiger partial charge < -0.3 is 10.4 Å². The third-order valence-corrected chi connectivity index (χ3v) is 3.61. The molecule has 2 rings (SSSR count). The zero-order chi connectivity index (χ0) is 14.7. The van der Waals surface area contributed by atoms with Crippen LogP contribution in [0.15, 0.2) is 18.3 Å². The van der Waals surface area contributed by atoms with Gasteiger partial charge in [-0.3, -0.25) is 14.3 Å². The number of rotatable bonds is 4. The average Bonchev–Trinajstić information content (AvgIpc) is 2.79. The van der Waals surface area contributed by atoms with Crippen molar-refractivity contribution in [3.8, 4) is 0 Å². The van der Waals surface area contributed by atoms with E-state index < -0.39 is 17.8 Å². The van der Waals surface area contributed by atoms with Crippen molar-refractivity contribution < 1.29 is 14.7 Å². The molecule has 1 aromatic rings. The summed E-state index contributed by atoms with van der Waals surface area (Å²) in [5.41, 5.74) is 1.38. The van der Waals surface area contributed by atoms with Gasteiger partial charge in [0.05, 0.1) is 23.2 Å². The zero-order valence-electron chi connectivity index (χ0n) is 11.7. The van der Waals surface area contributed by atoms with Crippen LogP contribution in [0.4, 0.5) is 5.69 Å². The Hall–Kier alpha value is -2.11. The number of hydrogen-bond acceptors (Lipinski definition) is 3. The molecule has 0 aromatic carbocycles. The zero-order valence-corrected chi connectivity index (χ0v) is 11.7. The van der Waals surface area contributed by atoms with Crippen LogP contribution < -0.4 is 5.32 Å². The number of nitrogens with one attached hydrogen (secondary N) is 1. The van der Waals surface area contributed by atoms with Gasteiger partial charge in [0.25, 0.3) is 0 Å². The highest BCUT2D eigenvalue weighted by molar-refractivity contribution is 5.95. The number of amides is 1. The molecule has 0 bridgehead atoms. The molecule has 1 heterocycles.